The van der Waals surface area contributed by atoms with Crippen molar-refractivity contribution in [1.29, 1.82) is 0 Å². The summed E-state index contributed by atoms with van der Waals surface area (Å²) in [6.45, 7) is 1.88. The Labute approximate surface area is 173 Å². The van der Waals surface area contributed by atoms with E-state index in [9.17, 15) is 0 Å². The Morgan fingerprint density at radius 2 is 1.57 bits per heavy atom. The highest BCUT2D eigenvalue weighted by molar-refractivity contribution is 5.92. The lowest BCUT2D eigenvalue weighted by atomic mass is 10.1. The first-order valence-electron chi connectivity index (χ1n) is 9.64. The fraction of sp³-hybridized carbons (Fsp3) is 0.217. The predicted molar refractivity (Wildman–Crippen MR) is 112 cm³/mol. The number of ether oxygens (including phenoxy) is 4. The van der Waals surface area contributed by atoms with Crippen LogP contribution >= 0.6 is 0 Å². The van der Waals surface area contributed by atoms with Gasteiger partial charge in [-0.05, 0) is 31.2 Å². The Bertz CT molecular complexity index is 1170. The standard InChI is InChI=1S/C23H21N3O4/c1-13-29-23(30-13)15-6-4-14(5-7-15)21-19-8-9-20(24-22(19)26-25-21)16-10-17(27-2)12-18(11-16)28-3/h4-13,23H,1-3H3,(H,24,25,26). The van der Waals surface area contributed by atoms with E-state index in [4.69, 9.17) is 23.9 Å². The van der Waals surface area contributed by atoms with Crippen molar-refractivity contribution in [2.45, 2.75) is 19.5 Å². The summed E-state index contributed by atoms with van der Waals surface area (Å²) in [5, 5.41) is 8.49. The number of nitrogens with one attached hydrogen (secondary N) is 1. The van der Waals surface area contributed by atoms with Crippen LogP contribution in [0.25, 0.3) is 33.5 Å². The van der Waals surface area contributed by atoms with Gasteiger partial charge in [-0.1, -0.05) is 24.3 Å². The summed E-state index contributed by atoms with van der Waals surface area (Å²) >= 11 is 0. The van der Waals surface area contributed by atoms with Gasteiger partial charge in [0.2, 0.25) is 0 Å². The minimum atomic E-state index is -0.283. The largest absolute Gasteiger partial charge is 0.497 e. The van der Waals surface area contributed by atoms with Gasteiger partial charge >= 0.3 is 0 Å². The van der Waals surface area contributed by atoms with E-state index < -0.39 is 0 Å². The highest BCUT2D eigenvalue weighted by atomic mass is 16.9. The summed E-state index contributed by atoms with van der Waals surface area (Å²) in [4.78, 5) is 4.75. The van der Waals surface area contributed by atoms with Crippen LogP contribution in [0.3, 0.4) is 0 Å². The second kappa shape index (κ2) is 7.44. The number of fused-ring (bicyclic) bond motifs is 1. The van der Waals surface area contributed by atoms with Crippen LogP contribution in [-0.4, -0.2) is 35.7 Å². The van der Waals surface area contributed by atoms with E-state index in [1.807, 2.05) is 61.5 Å². The molecule has 5 rings (SSSR count). The molecule has 3 heterocycles. The number of methoxy groups -OCH3 is 2. The molecule has 1 fully saturated rings. The lowest BCUT2D eigenvalue weighted by molar-refractivity contribution is -0.382. The third-order valence-corrected chi connectivity index (χ3v) is 5.16. The van der Waals surface area contributed by atoms with E-state index in [1.165, 1.54) is 0 Å². The average molecular weight is 403 g/mol. The van der Waals surface area contributed by atoms with E-state index in [0.29, 0.717) is 17.1 Å². The SMILES string of the molecule is COc1cc(OC)cc(-c2ccc3c(-c4ccc(C5OC(C)O5)cc4)n[nH]c3n2)c1. The monoisotopic (exact) mass is 403 g/mol. The Morgan fingerprint density at radius 3 is 2.20 bits per heavy atom. The molecule has 0 amide bonds. The maximum atomic E-state index is 5.54. The fourth-order valence-electron chi connectivity index (χ4n) is 3.55. The highest BCUT2D eigenvalue weighted by Crippen LogP contribution is 2.34. The fourth-order valence-corrected chi connectivity index (χ4v) is 3.55. The van der Waals surface area contributed by atoms with Gasteiger partial charge in [0.05, 0.1) is 19.9 Å². The molecule has 1 N–H and O–H groups in total. The molecule has 4 aromatic rings. The number of hydrogen-bond acceptors (Lipinski definition) is 6. The Hall–Kier alpha value is -3.42. The van der Waals surface area contributed by atoms with Crippen LogP contribution in [0, 0.1) is 0 Å². The van der Waals surface area contributed by atoms with Gasteiger partial charge < -0.3 is 18.9 Å². The molecule has 152 valence electrons. The summed E-state index contributed by atoms with van der Waals surface area (Å²) in [7, 11) is 3.26. The topological polar surface area (TPSA) is 78.5 Å². The predicted octanol–water partition coefficient (Wildman–Crippen LogP) is 4.70. The first-order valence-corrected chi connectivity index (χ1v) is 9.64. The lowest BCUT2D eigenvalue weighted by Crippen LogP contribution is -2.31. The van der Waals surface area contributed by atoms with Gasteiger partial charge in [0, 0.05) is 28.1 Å². The van der Waals surface area contributed by atoms with E-state index in [1.54, 1.807) is 14.2 Å². The van der Waals surface area contributed by atoms with Gasteiger partial charge in [-0.25, -0.2) is 4.98 Å². The number of benzene rings is 2. The van der Waals surface area contributed by atoms with Crippen molar-refractivity contribution in [2.75, 3.05) is 14.2 Å². The Morgan fingerprint density at radius 1 is 0.867 bits per heavy atom. The number of pyridine rings is 1. The molecule has 2 aromatic heterocycles. The minimum absolute atomic E-state index is 0.144. The molecule has 0 aliphatic carbocycles. The number of hydrogen-bond donors (Lipinski definition) is 1. The minimum Gasteiger partial charge on any atom is -0.497 e. The highest BCUT2D eigenvalue weighted by Gasteiger charge is 2.28. The van der Waals surface area contributed by atoms with E-state index in [0.717, 1.165) is 33.5 Å². The normalized spacial score (nSPS) is 18.2. The quantitative estimate of drug-likeness (QED) is 0.520. The van der Waals surface area contributed by atoms with Crippen LogP contribution in [0.2, 0.25) is 0 Å². The molecule has 1 aliphatic heterocycles. The van der Waals surface area contributed by atoms with Crippen molar-refractivity contribution in [3.8, 4) is 34.0 Å². The molecular formula is C23H21N3O4. The van der Waals surface area contributed by atoms with Gasteiger partial charge in [0.15, 0.2) is 18.2 Å². The van der Waals surface area contributed by atoms with Crippen molar-refractivity contribution in [3.63, 3.8) is 0 Å². The molecular weight excluding hydrogens is 382 g/mol. The molecule has 7 nitrogen and oxygen atoms in total. The first kappa shape index (κ1) is 18.6. The van der Waals surface area contributed by atoms with Crippen LogP contribution in [0.4, 0.5) is 0 Å². The zero-order valence-corrected chi connectivity index (χ0v) is 16.9. The summed E-state index contributed by atoms with van der Waals surface area (Å²) < 4.78 is 21.8. The van der Waals surface area contributed by atoms with Crippen molar-refractivity contribution in [3.05, 3.63) is 60.2 Å². The van der Waals surface area contributed by atoms with Gasteiger partial charge in [-0.3, -0.25) is 5.10 Å². The molecule has 0 bridgehead atoms. The molecule has 0 atom stereocenters. The van der Waals surface area contributed by atoms with Crippen LogP contribution in [-0.2, 0) is 9.47 Å². The first-order chi connectivity index (χ1) is 14.6. The number of aromatic nitrogens is 3. The second-order valence-corrected chi connectivity index (χ2v) is 7.06. The van der Waals surface area contributed by atoms with Crippen LogP contribution in [0.1, 0.15) is 18.8 Å². The molecule has 0 radical (unpaired) electrons. The number of H-pyrrole nitrogens is 1. The molecule has 7 heteroatoms. The van der Waals surface area contributed by atoms with Crippen molar-refractivity contribution in [2.24, 2.45) is 0 Å². The third-order valence-electron chi connectivity index (χ3n) is 5.16. The molecule has 0 spiro atoms. The molecule has 0 saturated carbocycles. The molecule has 30 heavy (non-hydrogen) atoms. The summed E-state index contributed by atoms with van der Waals surface area (Å²) in [6, 6.07) is 17.7. The average Bonchev–Trinajstić information content (AvgIpc) is 3.20. The smallest absolute Gasteiger partial charge is 0.189 e. The van der Waals surface area contributed by atoms with Crippen molar-refractivity contribution in [1.82, 2.24) is 15.2 Å². The summed E-state index contributed by atoms with van der Waals surface area (Å²) in [6.07, 6.45) is -0.427. The maximum Gasteiger partial charge on any atom is 0.189 e. The Kier molecular flexibility index (Phi) is 4.61. The van der Waals surface area contributed by atoms with E-state index >= 15 is 0 Å². The second-order valence-electron chi connectivity index (χ2n) is 7.06. The van der Waals surface area contributed by atoms with Gasteiger partial charge in [0.1, 0.15) is 17.2 Å². The van der Waals surface area contributed by atoms with E-state index in [-0.39, 0.29) is 12.6 Å². The van der Waals surface area contributed by atoms with Crippen molar-refractivity contribution < 1.29 is 18.9 Å². The van der Waals surface area contributed by atoms with Gasteiger partial charge in [0.25, 0.3) is 0 Å². The van der Waals surface area contributed by atoms with Gasteiger partial charge in [-0.15, -0.1) is 0 Å². The summed E-state index contributed by atoms with van der Waals surface area (Å²) in [5.41, 5.74) is 5.26. The third kappa shape index (κ3) is 3.28. The summed E-state index contributed by atoms with van der Waals surface area (Å²) in [5.74, 6) is 1.43. The number of nitrogens with zero attached hydrogens (tertiary/aromatic N) is 2. The number of aromatic amines is 1. The van der Waals surface area contributed by atoms with Crippen LogP contribution in [0.15, 0.2) is 54.6 Å². The van der Waals surface area contributed by atoms with Gasteiger partial charge in [-0.2, -0.15) is 5.10 Å². The van der Waals surface area contributed by atoms with Crippen LogP contribution in [0.5, 0.6) is 11.5 Å². The molecule has 1 saturated heterocycles. The molecule has 0 unspecified atom stereocenters. The number of rotatable bonds is 5. The van der Waals surface area contributed by atoms with E-state index in [2.05, 4.69) is 10.2 Å². The molecule has 1 aliphatic rings. The maximum absolute atomic E-state index is 5.54. The van der Waals surface area contributed by atoms with Crippen LogP contribution < -0.4 is 9.47 Å². The van der Waals surface area contributed by atoms with Crippen molar-refractivity contribution >= 4 is 11.0 Å². The molecule has 2 aromatic carbocycles. The Balaban J connectivity index is 1.47. The lowest BCUT2D eigenvalue weighted by Gasteiger charge is -2.33. The zero-order valence-electron chi connectivity index (χ0n) is 16.9. The zero-order chi connectivity index (χ0) is 20.7.